The van der Waals surface area contributed by atoms with E-state index in [9.17, 15) is 0 Å². The Morgan fingerprint density at radius 1 is 1.62 bits per heavy atom. The van der Waals surface area contributed by atoms with E-state index in [1.54, 1.807) is 14.1 Å². The van der Waals surface area contributed by atoms with Gasteiger partial charge in [-0.1, -0.05) is 0 Å². The Morgan fingerprint density at radius 2 is 2.12 bits per heavy atom. The molecule has 8 heavy (non-hydrogen) atoms. The number of hydrogen-bond acceptors (Lipinski definition) is 2. The molecule has 0 saturated carbocycles. The van der Waals surface area contributed by atoms with E-state index in [1.165, 1.54) is 0 Å². The van der Waals surface area contributed by atoms with Crippen molar-refractivity contribution in [3.63, 3.8) is 0 Å². The monoisotopic (exact) mass is 230 g/mol. The normalized spacial score (nSPS) is 9.62. The van der Waals surface area contributed by atoms with Gasteiger partial charge in [0.05, 0.1) is 0 Å². The van der Waals surface area contributed by atoms with Crippen LogP contribution in [0.25, 0.3) is 0 Å². The summed E-state index contributed by atoms with van der Waals surface area (Å²) in [6.07, 6.45) is 0. The van der Waals surface area contributed by atoms with E-state index in [0.29, 0.717) is 5.96 Å². The van der Waals surface area contributed by atoms with Gasteiger partial charge in [0.2, 0.25) is 5.96 Å². The maximum Gasteiger partial charge on any atom is 0.205 e. The van der Waals surface area contributed by atoms with Crippen LogP contribution in [0.5, 0.6) is 0 Å². The topological polar surface area (TPSA) is 62.4 Å². The van der Waals surface area contributed by atoms with Crippen molar-refractivity contribution in [1.29, 1.82) is 0 Å². The molecule has 0 unspecified atom stereocenters. The van der Waals surface area contributed by atoms with E-state index in [0.717, 1.165) is 0 Å². The summed E-state index contributed by atoms with van der Waals surface area (Å²) in [5, 5.41) is 2.72. The van der Waals surface area contributed by atoms with Gasteiger partial charge in [-0.15, -0.1) is 24.0 Å². The zero-order valence-electron chi connectivity index (χ0n) is 4.93. The van der Waals surface area contributed by atoms with Crippen LogP contribution >= 0.6 is 24.0 Å². The lowest BCUT2D eigenvalue weighted by Crippen LogP contribution is -2.39. The molecule has 50 valence electrons. The molecule has 0 heterocycles. The maximum atomic E-state index is 4.95. The van der Waals surface area contributed by atoms with Crippen LogP contribution in [-0.4, -0.2) is 20.1 Å². The molecule has 0 amide bonds. The molecule has 0 aromatic rings. The SMILES string of the molecule is C/N=C(/NC)NN.I. The van der Waals surface area contributed by atoms with Crippen LogP contribution in [0.1, 0.15) is 0 Å². The third kappa shape index (κ3) is 4.13. The molecule has 0 aliphatic heterocycles. The van der Waals surface area contributed by atoms with Crippen molar-refractivity contribution in [2.45, 2.75) is 0 Å². The number of halogens is 1. The minimum atomic E-state index is 0. The Bertz CT molecular complexity index is 65.7. The summed E-state index contributed by atoms with van der Waals surface area (Å²) in [5.41, 5.74) is 2.34. The Morgan fingerprint density at radius 3 is 2.12 bits per heavy atom. The number of hydrazine groups is 1. The van der Waals surface area contributed by atoms with Crippen molar-refractivity contribution < 1.29 is 0 Å². The van der Waals surface area contributed by atoms with Gasteiger partial charge >= 0.3 is 0 Å². The fourth-order valence-corrected chi connectivity index (χ4v) is 0.249. The van der Waals surface area contributed by atoms with Gasteiger partial charge in [0.1, 0.15) is 0 Å². The van der Waals surface area contributed by atoms with Crippen molar-refractivity contribution in [1.82, 2.24) is 10.7 Å². The van der Waals surface area contributed by atoms with E-state index in [1.807, 2.05) is 0 Å². The molecule has 0 saturated heterocycles. The summed E-state index contributed by atoms with van der Waals surface area (Å²) in [6.45, 7) is 0. The lowest BCUT2D eigenvalue weighted by Gasteiger charge is -1.98. The van der Waals surface area contributed by atoms with E-state index >= 15 is 0 Å². The van der Waals surface area contributed by atoms with Crippen molar-refractivity contribution in [2.24, 2.45) is 10.8 Å². The van der Waals surface area contributed by atoms with Crippen LogP contribution in [0.4, 0.5) is 0 Å². The predicted molar refractivity (Wildman–Crippen MR) is 45.2 cm³/mol. The number of guanidine groups is 1. The van der Waals surface area contributed by atoms with Crippen LogP contribution in [0.3, 0.4) is 0 Å². The lowest BCUT2D eigenvalue weighted by molar-refractivity contribution is 0.938. The Kier molecular flexibility index (Phi) is 9.44. The zero-order chi connectivity index (χ0) is 5.70. The third-order valence-corrected chi connectivity index (χ3v) is 0.597. The highest BCUT2D eigenvalue weighted by Gasteiger charge is 1.80. The molecule has 0 spiro atoms. The first-order chi connectivity index (χ1) is 3.35. The average molecular weight is 230 g/mol. The lowest BCUT2D eigenvalue weighted by atomic mass is 10.9. The highest BCUT2D eigenvalue weighted by Crippen LogP contribution is 1.53. The van der Waals surface area contributed by atoms with E-state index < -0.39 is 0 Å². The molecular formula is C3H11IN4. The second kappa shape index (κ2) is 6.96. The van der Waals surface area contributed by atoms with Gasteiger partial charge in [-0.2, -0.15) is 0 Å². The summed E-state index contributed by atoms with van der Waals surface area (Å²) in [6, 6.07) is 0. The molecule has 0 aliphatic carbocycles. The molecule has 0 rings (SSSR count). The third-order valence-electron chi connectivity index (χ3n) is 0.597. The number of nitrogens with one attached hydrogen (secondary N) is 2. The molecule has 0 atom stereocenters. The first kappa shape index (κ1) is 10.9. The fourth-order valence-electron chi connectivity index (χ4n) is 0.249. The van der Waals surface area contributed by atoms with Crippen molar-refractivity contribution >= 4 is 29.9 Å². The molecule has 0 aromatic carbocycles. The van der Waals surface area contributed by atoms with Crippen molar-refractivity contribution in [3.05, 3.63) is 0 Å². The fraction of sp³-hybridized carbons (Fsp3) is 0.667. The smallest absolute Gasteiger partial charge is 0.205 e. The Labute approximate surface area is 65.9 Å². The first-order valence-electron chi connectivity index (χ1n) is 1.96. The number of aliphatic imine (C=N–C) groups is 1. The maximum absolute atomic E-state index is 4.95. The van der Waals surface area contributed by atoms with Crippen LogP contribution in [0, 0.1) is 0 Å². The molecule has 0 aromatic heterocycles. The first-order valence-corrected chi connectivity index (χ1v) is 1.96. The predicted octanol–water partition coefficient (Wildman–Crippen LogP) is -0.727. The molecule has 0 bridgehead atoms. The molecular weight excluding hydrogens is 219 g/mol. The molecule has 0 fully saturated rings. The quantitative estimate of drug-likeness (QED) is 0.169. The summed E-state index contributed by atoms with van der Waals surface area (Å²) >= 11 is 0. The molecule has 4 N–H and O–H groups in total. The number of hydrogen-bond donors (Lipinski definition) is 3. The van der Waals surface area contributed by atoms with Crippen LogP contribution in [-0.2, 0) is 0 Å². The highest BCUT2D eigenvalue weighted by molar-refractivity contribution is 14.0. The van der Waals surface area contributed by atoms with E-state index in [2.05, 4.69) is 15.7 Å². The van der Waals surface area contributed by atoms with E-state index in [4.69, 9.17) is 5.84 Å². The molecule has 0 radical (unpaired) electrons. The minimum absolute atomic E-state index is 0. The molecule has 5 heteroatoms. The Balaban J connectivity index is 0. The van der Waals surface area contributed by atoms with E-state index in [-0.39, 0.29) is 24.0 Å². The number of rotatable bonds is 0. The highest BCUT2D eigenvalue weighted by atomic mass is 127. The molecule has 0 aliphatic rings. The second-order valence-corrected chi connectivity index (χ2v) is 0.967. The summed E-state index contributed by atoms with van der Waals surface area (Å²) in [7, 11) is 3.38. The van der Waals surface area contributed by atoms with Gasteiger partial charge in [0, 0.05) is 14.1 Å². The van der Waals surface area contributed by atoms with Crippen molar-refractivity contribution in [3.8, 4) is 0 Å². The van der Waals surface area contributed by atoms with Crippen molar-refractivity contribution in [2.75, 3.05) is 14.1 Å². The average Bonchev–Trinajstić information content (AvgIpc) is 1.72. The van der Waals surface area contributed by atoms with Gasteiger partial charge in [-0.05, 0) is 0 Å². The minimum Gasteiger partial charge on any atom is -0.358 e. The van der Waals surface area contributed by atoms with Crippen LogP contribution in [0.15, 0.2) is 4.99 Å². The number of nitrogens with two attached hydrogens (primary N) is 1. The molecule has 4 nitrogen and oxygen atoms in total. The van der Waals surface area contributed by atoms with Crippen LogP contribution in [0.2, 0.25) is 0 Å². The summed E-state index contributed by atoms with van der Waals surface area (Å²) in [5.74, 6) is 5.53. The standard InChI is InChI=1S/C3H10N4.HI/c1-5-3(6-2)7-4;/h4H2,1-2H3,(H2,5,6,7);1H. The van der Waals surface area contributed by atoms with Crippen LogP contribution < -0.4 is 16.6 Å². The summed E-state index contributed by atoms with van der Waals surface area (Å²) in [4.78, 5) is 3.69. The largest absolute Gasteiger partial charge is 0.358 e. The zero-order valence-corrected chi connectivity index (χ0v) is 7.26. The van der Waals surface area contributed by atoms with Gasteiger partial charge in [0.15, 0.2) is 0 Å². The van der Waals surface area contributed by atoms with Gasteiger partial charge in [0.25, 0.3) is 0 Å². The second-order valence-electron chi connectivity index (χ2n) is 0.967. The summed E-state index contributed by atoms with van der Waals surface area (Å²) < 4.78 is 0. The van der Waals surface area contributed by atoms with Gasteiger partial charge in [-0.3, -0.25) is 10.4 Å². The number of nitrogens with zero attached hydrogens (tertiary/aromatic N) is 1. The van der Waals surface area contributed by atoms with Gasteiger partial charge < -0.3 is 5.32 Å². The van der Waals surface area contributed by atoms with Gasteiger partial charge in [-0.25, -0.2) is 5.84 Å². The Hall–Kier alpha value is -0.0400.